The Hall–Kier alpha value is -1.45. The van der Waals surface area contributed by atoms with E-state index in [0.717, 1.165) is 0 Å². The second-order valence-electron chi connectivity index (χ2n) is 7.01. The summed E-state index contributed by atoms with van der Waals surface area (Å²) in [5, 5.41) is 67.7. The fourth-order valence-corrected chi connectivity index (χ4v) is 2.53. The molecule has 0 spiro atoms. The molecule has 0 aromatic heterocycles. The zero-order chi connectivity index (χ0) is 23.7. The lowest BCUT2D eigenvalue weighted by atomic mass is 9.99. The predicted octanol–water partition coefficient (Wildman–Crippen LogP) is -2.73. The summed E-state index contributed by atoms with van der Waals surface area (Å²) >= 11 is 0. The van der Waals surface area contributed by atoms with Crippen LogP contribution in [-0.4, -0.2) is 110 Å². The van der Waals surface area contributed by atoms with Gasteiger partial charge in [0.1, 0.15) is 30.5 Å². The molecule has 0 bridgehead atoms. The van der Waals surface area contributed by atoms with Gasteiger partial charge in [-0.2, -0.15) is 0 Å². The Balaban J connectivity index is 2.82. The number of allylic oxidation sites excluding steroid dienone is 3. The summed E-state index contributed by atoms with van der Waals surface area (Å²) in [6, 6.07) is 0. The summed E-state index contributed by atoms with van der Waals surface area (Å²) in [5.74, 6) is -0.833. The molecule has 1 aliphatic rings. The molecule has 1 aliphatic heterocycles. The van der Waals surface area contributed by atoms with Crippen LogP contribution in [0.2, 0.25) is 0 Å². The largest absolute Gasteiger partial charge is 0.429 e. The quantitative estimate of drug-likeness (QED) is 0.0741. The maximum absolute atomic E-state index is 12.1. The van der Waals surface area contributed by atoms with Gasteiger partial charge in [-0.3, -0.25) is 0 Å². The third kappa shape index (κ3) is 8.20. The van der Waals surface area contributed by atoms with Gasteiger partial charge in [0, 0.05) is 5.57 Å². The number of aliphatic hydroxyl groups is 7. The number of rotatable bonds is 11. The fourth-order valence-electron chi connectivity index (χ4n) is 2.53. The normalized spacial score (nSPS) is 30.4. The summed E-state index contributed by atoms with van der Waals surface area (Å²) in [6.45, 7) is 3.28. The van der Waals surface area contributed by atoms with Gasteiger partial charge < -0.3 is 54.7 Å². The van der Waals surface area contributed by atoms with Crippen LogP contribution in [0.4, 0.5) is 0 Å². The Bertz CT molecular complexity index is 605. The zero-order valence-corrected chi connectivity index (χ0v) is 17.5. The van der Waals surface area contributed by atoms with E-state index < -0.39 is 74.7 Å². The number of aliphatic hydroxyl groups excluding tert-OH is 6. The molecule has 0 aromatic rings. The second-order valence-corrected chi connectivity index (χ2v) is 7.01. The Morgan fingerprint density at radius 2 is 1.77 bits per heavy atom. The number of carbonyl (C=O) groups excluding carboxylic acids is 1. The molecule has 180 valence electrons. The van der Waals surface area contributed by atoms with Gasteiger partial charge in [0.15, 0.2) is 0 Å². The lowest BCUT2D eigenvalue weighted by Gasteiger charge is -2.40. The van der Waals surface area contributed by atoms with Crippen LogP contribution in [0.1, 0.15) is 20.8 Å². The first kappa shape index (κ1) is 27.6. The van der Waals surface area contributed by atoms with E-state index in [-0.39, 0.29) is 5.57 Å². The molecular formula is C19H32O12. The standard InChI is InChI=1S/C19H32O12/c1-4-5-6-9(2)17(27)31-18-15(24)14(23)13(22)12(30-18)8-28-19(16(25)26)29-11(7-20)10(3)21/h4-6,10-16,18-26H,7-8H2,1-3H3/b5-4+,9-6+/t10-,11?,12?,13?,14?,15?,18?,19?/m0/s1. The van der Waals surface area contributed by atoms with Crippen LogP contribution in [-0.2, 0) is 23.7 Å². The number of hydrogen-bond donors (Lipinski definition) is 7. The van der Waals surface area contributed by atoms with Crippen LogP contribution in [0.3, 0.4) is 0 Å². The van der Waals surface area contributed by atoms with Crippen molar-refractivity contribution in [2.24, 2.45) is 0 Å². The molecule has 0 radical (unpaired) electrons. The molecule has 0 saturated carbocycles. The Kier molecular flexibility index (Phi) is 11.7. The van der Waals surface area contributed by atoms with Crippen molar-refractivity contribution in [2.75, 3.05) is 13.2 Å². The van der Waals surface area contributed by atoms with E-state index in [2.05, 4.69) is 0 Å². The summed E-state index contributed by atoms with van der Waals surface area (Å²) in [4.78, 5) is 12.1. The third-order valence-electron chi connectivity index (χ3n) is 4.45. The molecule has 0 amide bonds. The van der Waals surface area contributed by atoms with E-state index >= 15 is 0 Å². The summed E-state index contributed by atoms with van der Waals surface area (Å²) in [6.07, 6.45) is -9.75. The second kappa shape index (κ2) is 13.2. The van der Waals surface area contributed by atoms with Crippen LogP contribution in [0.5, 0.6) is 0 Å². The van der Waals surface area contributed by atoms with Gasteiger partial charge in [-0.25, -0.2) is 4.79 Å². The maximum Gasteiger partial charge on any atom is 0.336 e. The van der Waals surface area contributed by atoms with Gasteiger partial charge in [0.05, 0.1) is 19.3 Å². The van der Waals surface area contributed by atoms with Crippen molar-refractivity contribution >= 4 is 5.97 Å². The number of carbonyl (C=O) groups is 1. The highest BCUT2D eigenvalue weighted by molar-refractivity contribution is 5.88. The van der Waals surface area contributed by atoms with Crippen molar-refractivity contribution in [1.82, 2.24) is 0 Å². The minimum atomic E-state index is -2.18. The molecule has 1 fully saturated rings. The van der Waals surface area contributed by atoms with Crippen molar-refractivity contribution in [3.8, 4) is 0 Å². The molecule has 8 atom stereocenters. The lowest BCUT2D eigenvalue weighted by molar-refractivity contribution is -0.319. The van der Waals surface area contributed by atoms with E-state index in [9.17, 15) is 40.5 Å². The Morgan fingerprint density at radius 1 is 1.13 bits per heavy atom. The van der Waals surface area contributed by atoms with Gasteiger partial charge in [-0.05, 0) is 20.8 Å². The molecule has 1 saturated heterocycles. The molecule has 7 N–H and O–H groups in total. The van der Waals surface area contributed by atoms with E-state index in [1.165, 1.54) is 19.9 Å². The monoisotopic (exact) mass is 452 g/mol. The van der Waals surface area contributed by atoms with Gasteiger partial charge in [-0.1, -0.05) is 18.2 Å². The average Bonchev–Trinajstić information content (AvgIpc) is 2.72. The van der Waals surface area contributed by atoms with Crippen molar-refractivity contribution in [3.05, 3.63) is 23.8 Å². The SMILES string of the molecule is C/C=C/C=C(\C)C(=O)OC1OC(COC(OC(CO)[C@H](C)O)C(O)O)C(O)C(O)C1O. The smallest absolute Gasteiger partial charge is 0.336 e. The van der Waals surface area contributed by atoms with Gasteiger partial charge in [0.25, 0.3) is 0 Å². The maximum atomic E-state index is 12.1. The fraction of sp³-hybridized carbons (Fsp3) is 0.737. The van der Waals surface area contributed by atoms with Crippen molar-refractivity contribution in [1.29, 1.82) is 0 Å². The molecule has 1 rings (SSSR count). The molecule has 12 nitrogen and oxygen atoms in total. The van der Waals surface area contributed by atoms with Gasteiger partial charge in [-0.15, -0.1) is 0 Å². The zero-order valence-electron chi connectivity index (χ0n) is 17.5. The first-order valence-corrected chi connectivity index (χ1v) is 9.65. The first-order chi connectivity index (χ1) is 14.5. The van der Waals surface area contributed by atoms with Crippen molar-refractivity contribution in [2.45, 2.75) is 76.3 Å². The minimum Gasteiger partial charge on any atom is -0.429 e. The number of ether oxygens (including phenoxy) is 4. The van der Waals surface area contributed by atoms with Crippen LogP contribution < -0.4 is 0 Å². The molecule has 7 unspecified atom stereocenters. The highest BCUT2D eigenvalue weighted by Crippen LogP contribution is 2.24. The first-order valence-electron chi connectivity index (χ1n) is 9.65. The predicted molar refractivity (Wildman–Crippen MR) is 103 cm³/mol. The van der Waals surface area contributed by atoms with E-state index in [1.54, 1.807) is 19.1 Å². The summed E-state index contributed by atoms with van der Waals surface area (Å²) < 4.78 is 20.6. The van der Waals surface area contributed by atoms with Crippen LogP contribution in [0.25, 0.3) is 0 Å². The molecule has 31 heavy (non-hydrogen) atoms. The van der Waals surface area contributed by atoms with E-state index in [4.69, 9.17) is 18.9 Å². The lowest BCUT2D eigenvalue weighted by Crippen LogP contribution is -2.60. The molecule has 0 aliphatic carbocycles. The molecular weight excluding hydrogens is 420 g/mol. The Morgan fingerprint density at radius 3 is 2.29 bits per heavy atom. The van der Waals surface area contributed by atoms with Crippen molar-refractivity contribution in [3.63, 3.8) is 0 Å². The number of hydrogen-bond acceptors (Lipinski definition) is 12. The highest BCUT2D eigenvalue weighted by atomic mass is 16.7. The van der Waals surface area contributed by atoms with Crippen LogP contribution in [0.15, 0.2) is 23.8 Å². The average molecular weight is 452 g/mol. The highest BCUT2D eigenvalue weighted by Gasteiger charge is 2.46. The summed E-state index contributed by atoms with van der Waals surface area (Å²) in [7, 11) is 0. The van der Waals surface area contributed by atoms with Crippen molar-refractivity contribution < 1.29 is 59.5 Å². The molecule has 1 heterocycles. The molecule has 0 aromatic carbocycles. The number of esters is 1. The summed E-state index contributed by atoms with van der Waals surface area (Å²) in [5.41, 5.74) is 0.187. The van der Waals surface area contributed by atoms with Crippen LogP contribution >= 0.6 is 0 Å². The van der Waals surface area contributed by atoms with E-state index in [1.807, 2.05) is 0 Å². The minimum absolute atomic E-state index is 0.187. The topological polar surface area (TPSA) is 196 Å². The molecule has 12 heteroatoms. The third-order valence-corrected chi connectivity index (χ3v) is 4.45. The van der Waals surface area contributed by atoms with Crippen LogP contribution in [0, 0.1) is 0 Å². The van der Waals surface area contributed by atoms with Gasteiger partial charge in [0.2, 0.25) is 18.9 Å². The van der Waals surface area contributed by atoms with E-state index in [0.29, 0.717) is 0 Å². The Labute approximate surface area is 179 Å². The van der Waals surface area contributed by atoms with Gasteiger partial charge >= 0.3 is 5.97 Å².